The number of methoxy groups -OCH3 is 1. The fourth-order valence-electron chi connectivity index (χ4n) is 1.14. The Labute approximate surface area is 94.8 Å². The van der Waals surface area contributed by atoms with Crippen molar-refractivity contribution in [2.45, 2.75) is 13.3 Å². The Bertz CT molecular complexity index is 307. The predicted octanol–water partition coefficient (Wildman–Crippen LogP) is 1.96. The number of hydrogen-bond donors (Lipinski definition) is 1. The van der Waals surface area contributed by atoms with Crippen molar-refractivity contribution in [3.8, 4) is 5.88 Å². The highest BCUT2D eigenvalue weighted by atomic mass is 32.2. The van der Waals surface area contributed by atoms with E-state index in [0.29, 0.717) is 11.8 Å². The van der Waals surface area contributed by atoms with Gasteiger partial charge in [-0.2, -0.15) is 16.7 Å². The molecule has 0 aliphatic rings. The van der Waals surface area contributed by atoms with E-state index in [0.717, 1.165) is 24.4 Å². The van der Waals surface area contributed by atoms with E-state index in [1.165, 1.54) is 0 Å². The van der Waals surface area contributed by atoms with Crippen LogP contribution in [0.4, 0.5) is 5.95 Å². The second kappa shape index (κ2) is 6.50. The fourth-order valence-corrected chi connectivity index (χ4v) is 1.57. The van der Waals surface area contributed by atoms with Crippen molar-refractivity contribution in [3.63, 3.8) is 0 Å². The van der Waals surface area contributed by atoms with E-state index in [2.05, 4.69) is 21.5 Å². The van der Waals surface area contributed by atoms with Gasteiger partial charge in [-0.25, -0.2) is 4.98 Å². The molecule has 1 rings (SSSR count). The number of rotatable bonds is 6. The average molecular weight is 227 g/mol. The number of aromatic nitrogens is 2. The van der Waals surface area contributed by atoms with Gasteiger partial charge in [-0.05, 0) is 25.4 Å². The largest absolute Gasteiger partial charge is 0.481 e. The summed E-state index contributed by atoms with van der Waals surface area (Å²) in [6.45, 7) is 2.82. The number of nitrogens with one attached hydrogen (secondary N) is 1. The molecule has 0 aliphatic heterocycles. The summed E-state index contributed by atoms with van der Waals surface area (Å²) >= 11 is 1.84. The molecule has 0 amide bonds. The standard InChI is InChI=1S/C10H17N3OS/c1-8-7-9(14-2)13-10(12-8)11-5-4-6-15-3/h7H,4-6H2,1-3H3,(H,11,12,13). The summed E-state index contributed by atoms with van der Waals surface area (Å²) in [5, 5.41) is 3.18. The van der Waals surface area contributed by atoms with Crippen molar-refractivity contribution in [1.82, 2.24) is 9.97 Å². The van der Waals surface area contributed by atoms with Gasteiger partial charge < -0.3 is 10.1 Å². The number of hydrogen-bond acceptors (Lipinski definition) is 5. The van der Waals surface area contributed by atoms with Gasteiger partial charge in [-0.3, -0.25) is 0 Å². The van der Waals surface area contributed by atoms with Crippen molar-refractivity contribution >= 4 is 17.7 Å². The minimum Gasteiger partial charge on any atom is -0.481 e. The Balaban J connectivity index is 2.49. The van der Waals surface area contributed by atoms with E-state index >= 15 is 0 Å². The first kappa shape index (κ1) is 12.1. The molecular weight excluding hydrogens is 210 g/mol. The minimum atomic E-state index is 0.606. The van der Waals surface area contributed by atoms with Crippen molar-refractivity contribution in [2.75, 3.05) is 31.0 Å². The van der Waals surface area contributed by atoms with E-state index in [1.54, 1.807) is 7.11 Å². The van der Waals surface area contributed by atoms with Gasteiger partial charge >= 0.3 is 0 Å². The van der Waals surface area contributed by atoms with Crippen LogP contribution in [0.1, 0.15) is 12.1 Å². The van der Waals surface area contributed by atoms with E-state index < -0.39 is 0 Å². The number of aryl methyl sites for hydroxylation is 1. The van der Waals surface area contributed by atoms with Crippen LogP contribution >= 0.6 is 11.8 Å². The molecule has 0 unspecified atom stereocenters. The summed E-state index contributed by atoms with van der Waals surface area (Å²) in [4.78, 5) is 8.47. The summed E-state index contributed by atoms with van der Waals surface area (Å²) in [5.74, 6) is 2.40. The summed E-state index contributed by atoms with van der Waals surface area (Å²) < 4.78 is 5.07. The van der Waals surface area contributed by atoms with Crippen molar-refractivity contribution < 1.29 is 4.74 Å². The van der Waals surface area contributed by atoms with Crippen LogP contribution in [0.5, 0.6) is 5.88 Å². The highest BCUT2D eigenvalue weighted by molar-refractivity contribution is 7.98. The predicted molar refractivity (Wildman–Crippen MR) is 64.8 cm³/mol. The second-order valence-electron chi connectivity index (χ2n) is 3.15. The van der Waals surface area contributed by atoms with Crippen LogP contribution in [0, 0.1) is 6.92 Å². The Morgan fingerprint density at radius 2 is 2.27 bits per heavy atom. The molecule has 0 spiro atoms. The van der Waals surface area contributed by atoms with Gasteiger partial charge in [0.15, 0.2) is 0 Å². The third kappa shape index (κ3) is 4.38. The van der Waals surface area contributed by atoms with Crippen LogP contribution in [-0.2, 0) is 0 Å². The molecule has 0 atom stereocenters. The third-order valence-electron chi connectivity index (χ3n) is 1.85. The molecule has 0 aromatic carbocycles. The maximum absolute atomic E-state index is 5.07. The van der Waals surface area contributed by atoms with E-state index in [1.807, 2.05) is 24.8 Å². The molecular formula is C10H17N3OS. The van der Waals surface area contributed by atoms with Crippen LogP contribution in [0.2, 0.25) is 0 Å². The molecule has 1 aromatic rings. The number of thioether (sulfide) groups is 1. The molecule has 5 heteroatoms. The Morgan fingerprint density at radius 1 is 1.47 bits per heavy atom. The van der Waals surface area contributed by atoms with Crippen molar-refractivity contribution in [2.24, 2.45) is 0 Å². The molecule has 0 aliphatic carbocycles. The van der Waals surface area contributed by atoms with Crippen LogP contribution in [0.25, 0.3) is 0 Å². The summed E-state index contributed by atoms with van der Waals surface area (Å²) in [7, 11) is 1.61. The zero-order chi connectivity index (χ0) is 11.1. The fraction of sp³-hybridized carbons (Fsp3) is 0.600. The van der Waals surface area contributed by atoms with Gasteiger partial charge in [-0.1, -0.05) is 0 Å². The molecule has 0 radical (unpaired) electrons. The van der Waals surface area contributed by atoms with Gasteiger partial charge in [0.25, 0.3) is 0 Å². The molecule has 1 aromatic heterocycles. The maximum atomic E-state index is 5.07. The van der Waals surface area contributed by atoms with Crippen LogP contribution < -0.4 is 10.1 Å². The SMILES string of the molecule is COc1cc(C)nc(NCCCSC)n1. The smallest absolute Gasteiger partial charge is 0.226 e. The zero-order valence-corrected chi connectivity index (χ0v) is 10.2. The van der Waals surface area contributed by atoms with Crippen molar-refractivity contribution in [1.29, 1.82) is 0 Å². The molecule has 84 valence electrons. The van der Waals surface area contributed by atoms with Gasteiger partial charge in [0, 0.05) is 18.3 Å². The topological polar surface area (TPSA) is 47.0 Å². The highest BCUT2D eigenvalue weighted by Crippen LogP contribution is 2.11. The second-order valence-corrected chi connectivity index (χ2v) is 4.13. The lowest BCUT2D eigenvalue weighted by molar-refractivity contribution is 0.397. The van der Waals surface area contributed by atoms with Crippen LogP contribution in [0.3, 0.4) is 0 Å². The minimum absolute atomic E-state index is 0.606. The molecule has 0 saturated carbocycles. The lowest BCUT2D eigenvalue weighted by Gasteiger charge is -2.06. The van der Waals surface area contributed by atoms with Crippen LogP contribution in [0.15, 0.2) is 6.07 Å². The number of nitrogens with zero attached hydrogens (tertiary/aromatic N) is 2. The summed E-state index contributed by atoms with van der Waals surface area (Å²) in [5.41, 5.74) is 0.911. The van der Waals surface area contributed by atoms with Gasteiger partial charge in [0.1, 0.15) is 0 Å². The molecule has 0 saturated heterocycles. The first-order chi connectivity index (χ1) is 7.26. The van der Waals surface area contributed by atoms with E-state index in [9.17, 15) is 0 Å². The quantitative estimate of drug-likeness (QED) is 0.753. The van der Waals surface area contributed by atoms with Gasteiger partial charge in [0.2, 0.25) is 11.8 Å². The average Bonchev–Trinajstić information content (AvgIpc) is 2.23. The lowest BCUT2D eigenvalue weighted by Crippen LogP contribution is -2.07. The Kier molecular flexibility index (Phi) is 5.25. The maximum Gasteiger partial charge on any atom is 0.226 e. The number of anilines is 1. The third-order valence-corrected chi connectivity index (χ3v) is 2.55. The summed E-state index contributed by atoms with van der Waals surface area (Å²) in [6.07, 6.45) is 3.22. The zero-order valence-electron chi connectivity index (χ0n) is 9.41. The molecule has 0 bridgehead atoms. The highest BCUT2D eigenvalue weighted by Gasteiger charge is 2.00. The van der Waals surface area contributed by atoms with Crippen molar-refractivity contribution in [3.05, 3.63) is 11.8 Å². The first-order valence-electron chi connectivity index (χ1n) is 4.88. The van der Waals surface area contributed by atoms with E-state index in [4.69, 9.17) is 4.74 Å². The van der Waals surface area contributed by atoms with Crippen LogP contribution in [-0.4, -0.2) is 35.6 Å². The Hall–Kier alpha value is -0.970. The first-order valence-corrected chi connectivity index (χ1v) is 6.28. The Morgan fingerprint density at radius 3 is 2.93 bits per heavy atom. The molecule has 1 N–H and O–H groups in total. The lowest BCUT2D eigenvalue weighted by atomic mass is 10.4. The van der Waals surface area contributed by atoms with Gasteiger partial charge in [-0.15, -0.1) is 0 Å². The monoisotopic (exact) mass is 227 g/mol. The summed E-state index contributed by atoms with van der Waals surface area (Å²) in [6, 6.07) is 1.81. The number of ether oxygens (including phenoxy) is 1. The molecule has 1 heterocycles. The van der Waals surface area contributed by atoms with E-state index in [-0.39, 0.29) is 0 Å². The molecule has 4 nitrogen and oxygen atoms in total. The molecule has 0 fully saturated rings. The normalized spacial score (nSPS) is 10.1. The molecule has 15 heavy (non-hydrogen) atoms. The van der Waals surface area contributed by atoms with Gasteiger partial charge in [0.05, 0.1) is 7.11 Å².